The number of hydrogen-bond acceptors (Lipinski definition) is 3. The van der Waals surface area contributed by atoms with Gasteiger partial charge in [-0.05, 0) is 48.6 Å². The van der Waals surface area contributed by atoms with Crippen LogP contribution in [0.15, 0.2) is 48.5 Å². The van der Waals surface area contributed by atoms with Crippen LogP contribution in [0, 0.1) is 5.82 Å². The molecule has 1 saturated heterocycles. The molecule has 1 N–H and O–H groups in total. The fourth-order valence-electron chi connectivity index (χ4n) is 3.10. The van der Waals surface area contributed by atoms with E-state index < -0.39 is 0 Å². The van der Waals surface area contributed by atoms with E-state index in [0.717, 1.165) is 18.7 Å². The Morgan fingerprint density at radius 1 is 1.04 bits per heavy atom. The van der Waals surface area contributed by atoms with Gasteiger partial charge in [0.25, 0.3) is 0 Å². The smallest absolute Gasteiger partial charge is 0.230 e. The van der Waals surface area contributed by atoms with Gasteiger partial charge in [-0.2, -0.15) is 0 Å². The summed E-state index contributed by atoms with van der Waals surface area (Å²) in [4.78, 5) is 14.4. The van der Waals surface area contributed by atoms with Gasteiger partial charge in [-0.1, -0.05) is 30.3 Å². The summed E-state index contributed by atoms with van der Waals surface area (Å²) in [5.41, 5.74) is 3.00. The molecule has 3 rings (SSSR count). The summed E-state index contributed by atoms with van der Waals surface area (Å²) in [6.07, 6.45) is 3.86. The average Bonchev–Trinajstić information content (AvgIpc) is 2.69. The molecule has 0 saturated carbocycles. The van der Waals surface area contributed by atoms with Crippen LogP contribution >= 0.6 is 11.8 Å². The number of anilines is 1. The van der Waals surface area contributed by atoms with Gasteiger partial charge in [0, 0.05) is 31.1 Å². The molecule has 26 heavy (non-hydrogen) atoms. The Hall–Kier alpha value is -2.01. The van der Waals surface area contributed by atoms with Crippen molar-refractivity contribution in [1.29, 1.82) is 0 Å². The van der Waals surface area contributed by atoms with E-state index in [9.17, 15) is 9.18 Å². The number of piperidine rings is 1. The molecule has 1 aliphatic heterocycles. The molecule has 0 radical (unpaired) electrons. The van der Waals surface area contributed by atoms with Crippen molar-refractivity contribution < 1.29 is 9.18 Å². The van der Waals surface area contributed by atoms with E-state index in [4.69, 9.17) is 0 Å². The van der Waals surface area contributed by atoms with E-state index in [1.165, 1.54) is 42.8 Å². The summed E-state index contributed by atoms with van der Waals surface area (Å²) in [6, 6.07) is 15.1. The molecule has 2 aromatic carbocycles. The number of nitrogens with zero attached hydrogens (tertiary/aromatic N) is 1. The zero-order chi connectivity index (χ0) is 18.2. The molecular weight excluding hydrogens is 347 g/mol. The largest absolute Gasteiger partial charge is 0.372 e. The molecule has 0 aromatic heterocycles. The number of hydrogen-bond donors (Lipinski definition) is 1. The van der Waals surface area contributed by atoms with E-state index >= 15 is 0 Å². The van der Waals surface area contributed by atoms with Crippen LogP contribution in [-0.2, 0) is 17.1 Å². The maximum Gasteiger partial charge on any atom is 0.230 e. The van der Waals surface area contributed by atoms with Crippen molar-refractivity contribution in [2.75, 3.05) is 23.7 Å². The zero-order valence-corrected chi connectivity index (χ0v) is 15.7. The number of benzene rings is 2. The second-order valence-corrected chi connectivity index (χ2v) is 7.56. The van der Waals surface area contributed by atoms with E-state index in [-0.39, 0.29) is 11.7 Å². The van der Waals surface area contributed by atoms with Crippen molar-refractivity contribution in [3.05, 3.63) is 65.5 Å². The Morgan fingerprint density at radius 2 is 1.77 bits per heavy atom. The van der Waals surface area contributed by atoms with Gasteiger partial charge in [0.2, 0.25) is 5.91 Å². The number of thioether (sulfide) groups is 1. The highest BCUT2D eigenvalue weighted by atomic mass is 32.2. The van der Waals surface area contributed by atoms with Crippen LogP contribution in [-0.4, -0.2) is 24.7 Å². The highest BCUT2D eigenvalue weighted by molar-refractivity contribution is 7.99. The second-order valence-electron chi connectivity index (χ2n) is 6.58. The van der Waals surface area contributed by atoms with Crippen LogP contribution < -0.4 is 10.2 Å². The Labute approximate surface area is 159 Å². The van der Waals surface area contributed by atoms with Gasteiger partial charge in [-0.3, -0.25) is 4.79 Å². The molecule has 1 heterocycles. The van der Waals surface area contributed by atoms with E-state index in [1.807, 2.05) is 6.07 Å². The van der Waals surface area contributed by atoms with Crippen LogP contribution in [0.2, 0.25) is 0 Å². The van der Waals surface area contributed by atoms with Crippen molar-refractivity contribution in [2.24, 2.45) is 0 Å². The minimum absolute atomic E-state index is 0.0218. The van der Waals surface area contributed by atoms with E-state index in [1.54, 1.807) is 12.1 Å². The topological polar surface area (TPSA) is 32.3 Å². The number of amides is 1. The molecule has 1 fully saturated rings. The molecule has 138 valence electrons. The summed E-state index contributed by atoms with van der Waals surface area (Å²) in [6.45, 7) is 2.80. The van der Waals surface area contributed by atoms with Gasteiger partial charge in [-0.25, -0.2) is 4.39 Å². The molecule has 1 amide bonds. The number of carbonyl (C=O) groups excluding carboxylic acids is 1. The summed E-state index contributed by atoms with van der Waals surface area (Å²) >= 11 is 1.43. The Kier molecular flexibility index (Phi) is 6.95. The predicted molar refractivity (Wildman–Crippen MR) is 107 cm³/mol. The normalized spacial score (nSPS) is 14.3. The molecule has 1 aliphatic rings. The maximum absolute atomic E-state index is 13.5. The number of rotatable bonds is 7. The van der Waals surface area contributed by atoms with Gasteiger partial charge >= 0.3 is 0 Å². The molecule has 0 spiro atoms. The first-order valence-electron chi connectivity index (χ1n) is 9.14. The van der Waals surface area contributed by atoms with Gasteiger partial charge < -0.3 is 10.2 Å². The minimum Gasteiger partial charge on any atom is -0.372 e. The van der Waals surface area contributed by atoms with Crippen LogP contribution in [0.1, 0.15) is 30.4 Å². The standard InChI is InChI=1S/C21H25FN2OS/c22-20-7-3-2-6-18(20)15-26-16-21(25)23-14-17-8-10-19(11-9-17)24-12-4-1-5-13-24/h2-3,6-11H,1,4-5,12-16H2,(H,23,25). The summed E-state index contributed by atoms with van der Waals surface area (Å²) < 4.78 is 13.5. The van der Waals surface area contributed by atoms with Gasteiger partial charge in [0.1, 0.15) is 5.82 Å². The first kappa shape index (κ1) is 18.8. The van der Waals surface area contributed by atoms with E-state index in [0.29, 0.717) is 23.6 Å². The third-order valence-corrected chi connectivity index (χ3v) is 5.58. The summed E-state index contributed by atoms with van der Waals surface area (Å²) in [7, 11) is 0. The quantitative estimate of drug-likeness (QED) is 0.783. The van der Waals surface area contributed by atoms with Crippen molar-refractivity contribution >= 4 is 23.4 Å². The lowest BCUT2D eigenvalue weighted by molar-refractivity contribution is -0.118. The number of carbonyl (C=O) groups is 1. The lowest BCUT2D eigenvalue weighted by Crippen LogP contribution is -2.29. The predicted octanol–water partition coefficient (Wildman–Crippen LogP) is 4.37. The number of halogens is 1. The molecular formula is C21H25FN2OS. The Morgan fingerprint density at radius 3 is 2.50 bits per heavy atom. The van der Waals surface area contributed by atoms with Crippen LogP contribution in [0.4, 0.5) is 10.1 Å². The molecule has 5 heteroatoms. The lowest BCUT2D eigenvalue weighted by atomic mass is 10.1. The molecule has 0 unspecified atom stereocenters. The van der Waals surface area contributed by atoms with E-state index in [2.05, 4.69) is 34.5 Å². The fraction of sp³-hybridized carbons (Fsp3) is 0.381. The van der Waals surface area contributed by atoms with Crippen molar-refractivity contribution in [1.82, 2.24) is 5.32 Å². The third-order valence-electron chi connectivity index (χ3n) is 4.60. The SMILES string of the molecule is O=C(CSCc1ccccc1F)NCc1ccc(N2CCCCC2)cc1. The molecule has 0 aliphatic carbocycles. The summed E-state index contributed by atoms with van der Waals surface area (Å²) in [5.74, 6) is 0.603. The summed E-state index contributed by atoms with van der Waals surface area (Å²) in [5, 5.41) is 2.93. The Balaban J connectivity index is 1.39. The molecule has 0 bridgehead atoms. The highest BCUT2D eigenvalue weighted by Crippen LogP contribution is 2.20. The van der Waals surface area contributed by atoms with Crippen LogP contribution in [0.25, 0.3) is 0 Å². The van der Waals surface area contributed by atoms with Gasteiger partial charge in [-0.15, -0.1) is 11.8 Å². The first-order valence-corrected chi connectivity index (χ1v) is 10.3. The second kappa shape index (κ2) is 9.62. The van der Waals surface area contributed by atoms with Crippen LogP contribution in [0.5, 0.6) is 0 Å². The minimum atomic E-state index is -0.214. The fourth-order valence-corrected chi connectivity index (χ4v) is 3.94. The molecule has 3 nitrogen and oxygen atoms in total. The lowest BCUT2D eigenvalue weighted by Gasteiger charge is -2.28. The first-order chi connectivity index (χ1) is 12.7. The monoisotopic (exact) mass is 372 g/mol. The van der Waals surface area contributed by atoms with Gasteiger partial charge in [0.05, 0.1) is 5.75 Å². The highest BCUT2D eigenvalue weighted by Gasteiger charge is 2.10. The zero-order valence-electron chi connectivity index (χ0n) is 14.9. The van der Waals surface area contributed by atoms with Crippen molar-refractivity contribution in [3.8, 4) is 0 Å². The number of nitrogens with one attached hydrogen (secondary N) is 1. The maximum atomic E-state index is 13.5. The average molecular weight is 373 g/mol. The molecule has 2 aromatic rings. The van der Waals surface area contributed by atoms with Crippen molar-refractivity contribution in [2.45, 2.75) is 31.6 Å². The Bertz CT molecular complexity index is 714. The molecule has 0 atom stereocenters. The van der Waals surface area contributed by atoms with Crippen molar-refractivity contribution in [3.63, 3.8) is 0 Å². The third kappa shape index (κ3) is 5.49. The van der Waals surface area contributed by atoms with Gasteiger partial charge in [0.15, 0.2) is 0 Å². The van der Waals surface area contributed by atoms with Crippen LogP contribution in [0.3, 0.4) is 0 Å².